The van der Waals surface area contributed by atoms with E-state index in [0.29, 0.717) is 17.6 Å². The molecule has 2 aliphatic rings. The number of benzene rings is 1. The Bertz CT molecular complexity index is 450. The molecule has 1 heterocycles. The van der Waals surface area contributed by atoms with Crippen molar-refractivity contribution in [1.29, 1.82) is 0 Å². The van der Waals surface area contributed by atoms with Crippen molar-refractivity contribution in [2.45, 2.75) is 25.9 Å². The minimum absolute atomic E-state index is 0.0315. The summed E-state index contributed by atoms with van der Waals surface area (Å²) in [4.78, 5) is 0. The van der Waals surface area contributed by atoms with E-state index in [0.717, 1.165) is 18.6 Å². The monoisotopic (exact) mass is 230 g/mol. The Morgan fingerprint density at radius 2 is 2.12 bits per heavy atom. The molecule has 1 aromatic carbocycles. The minimum Gasteiger partial charge on any atom is -0.508 e. The van der Waals surface area contributed by atoms with Gasteiger partial charge in [0.15, 0.2) is 0 Å². The first-order valence-electron chi connectivity index (χ1n) is 6.32. The molecule has 1 aliphatic heterocycles. The summed E-state index contributed by atoms with van der Waals surface area (Å²) in [6, 6.07) is 7.54. The van der Waals surface area contributed by atoms with Crippen LogP contribution >= 0.6 is 0 Å². The van der Waals surface area contributed by atoms with Crippen LogP contribution in [0.15, 0.2) is 35.9 Å². The number of rotatable bonds is 1. The van der Waals surface area contributed by atoms with Crippen molar-refractivity contribution in [3.63, 3.8) is 0 Å². The van der Waals surface area contributed by atoms with Crippen LogP contribution in [0.3, 0.4) is 0 Å². The van der Waals surface area contributed by atoms with Crippen LogP contribution in [0.5, 0.6) is 5.75 Å². The molecule has 0 aromatic heterocycles. The van der Waals surface area contributed by atoms with Crippen molar-refractivity contribution in [3.8, 4) is 5.75 Å². The lowest BCUT2D eigenvalue weighted by atomic mass is 9.75. The standard InChI is InChI=1S/C15H18O2/c1-10-6-7-11-8-13(10)15(17-9-11)12-4-2-3-5-14(12)16/h2-6,11,13,15-16H,7-9H2,1H3/t11-,13+,15-/m1/s1. The average molecular weight is 230 g/mol. The summed E-state index contributed by atoms with van der Waals surface area (Å²) in [6.45, 7) is 3.00. The van der Waals surface area contributed by atoms with E-state index in [9.17, 15) is 5.11 Å². The summed E-state index contributed by atoms with van der Waals surface area (Å²) in [5, 5.41) is 9.95. The van der Waals surface area contributed by atoms with E-state index in [2.05, 4.69) is 13.0 Å². The van der Waals surface area contributed by atoms with Crippen molar-refractivity contribution in [2.75, 3.05) is 6.61 Å². The number of phenols is 1. The Hall–Kier alpha value is -1.28. The van der Waals surface area contributed by atoms with Gasteiger partial charge in [-0.1, -0.05) is 29.8 Å². The predicted octanol–water partition coefficient (Wildman–Crippen LogP) is 3.44. The normalized spacial score (nSPS) is 32.1. The van der Waals surface area contributed by atoms with Gasteiger partial charge in [-0.3, -0.25) is 0 Å². The largest absolute Gasteiger partial charge is 0.508 e. The van der Waals surface area contributed by atoms with Crippen LogP contribution in [0.4, 0.5) is 0 Å². The maximum Gasteiger partial charge on any atom is 0.121 e. The summed E-state index contributed by atoms with van der Waals surface area (Å²) < 4.78 is 5.98. The number of allylic oxidation sites excluding steroid dienone is 1. The Balaban J connectivity index is 1.96. The van der Waals surface area contributed by atoms with Gasteiger partial charge in [-0.15, -0.1) is 0 Å². The molecular formula is C15H18O2. The van der Waals surface area contributed by atoms with Gasteiger partial charge in [0.1, 0.15) is 5.75 Å². The highest BCUT2D eigenvalue weighted by Gasteiger charge is 2.36. The van der Waals surface area contributed by atoms with E-state index in [1.54, 1.807) is 6.07 Å². The van der Waals surface area contributed by atoms with Crippen LogP contribution in [-0.2, 0) is 4.74 Å². The van der Waals surface area contributed by atoms with Gasteiger partial charge >= 0.3 is 0 Å². The molecule has 2 heteroatoms. The fourth-order valence-corrected chi connectivity index (χ4v) is 3.03. The Kier molecular flexibility index (Phi) is 2.67. The van der Waals surface area contributed by atoms with Crippen LogP contribution < -0.4 is 0 Å². The molecule has 2 nitrogen and oxygen atoms in total. The molecule has 1 aromatic rings. The highest BCUT2D eigenvalue weighted by molar-refractivity contribution is 5.36. The molecule has 1 N–H and O–H groups in total. The van der Waals surface area contributed by atoms with Gasteiger partial charge in [0.2, 0.25) is 0 Å². The summed E-state index contributed by atoms with van der Waals surface area (Å²) >= 11 is 0. The third-order valence-corrected chi connectivity index (χ3v) is 4.07. The van der Waals surface area contributed by atoms with Gasteiger partial charge in [-0.05, 0) is 31.7 Å². The predicted molar refractivity (Wildman–Crippen MR) is 66.8 cm³/mol. The van der Waals surface area contributed by atoms with Crippen LogP contribution in [0, 0.1) is 11.8 Å². The van der Waals surface area contributed by atoms with E-state index in [-0.39, 0.29) is 6.10 Å². The quantitative estimate of drug-likeness (QED) is 0.749. The molecule has 3 rings (SSSR count). The molecule has 0 unspecified atom stereocenters. The van der Waals surface area contributed by atoms with E-state index in [4.69, 9.17) is 4.74 Å². The molecular weight excluding hydrogens is 212 g/mol. The number of aromatic hydroxyl groups is 1. The molecule has 2 bridgehead atoms. The van der Waals surface area contributed by atoms with Gasteiger partial charge in [-0.2, -0.15) is 0 Å². The lowest BCUT2D eigenvalue weighted by Gasteiger charge is -2.40. The molecule has 0 spiro atoms. The lowest BCUT2D eigenvalue weighted by Crippen LogP contribution is -2.32. The van der Waals surface area contributed by atoms with E-state index < -0.39 is 0 Å². The van der Waals surface area contributed by atoms with Crippen molar-refractivity contribution in [2.24, 2.45) is 11.8 Å². The van der Waals surface area contributed by atoms with Gasteiger partial charge in [-0.25, -0.2) is 0 Å². The summed E-state index contributed by atoms with van der Waals surface area (Å²) in [6.07, 6.45) is 4.72. The molecule has 1 aliphatic carbocycles. The summed E-state index contributed by atoms with van der Waals surface area (Å²) in [7, 11) is 0. The highest BCUT2D eigenvalue weighted by atomic mass is 16.5. The first-order chi connectivity index (χ1) is 8.25. The van der Waals surface area contributed by atoms with Crippen molar-refractivity contribution in [3.05, 3.63) is 41.5 Å². The zero-order valence-corrected chi connectivity index (χ0v) is 10.1. The number of phenolic OH excluding ortho intramolecular Hbond substituents is 1. The maximum absolute atomic E-state index is 9.95. The van der Waals surface area contributed by atoms with Crippen LogP contribution in [0.1, 0.15) is 31.4 Å². The molecule has 3 atom stereocenters. The molecule has 0 amide bonds. The Morgan fingerprint density at radius 1 is 1.29 bits per heavy atom. The number of hydrogen-bond donors (Lipinski definition) is 1. The van der Waals surface area contributed by atoms with Crippen molar-refractivity contribution in [1.82, 2.24) is 0 Å². The number of fused-ring (bicyclic) bond motifs is 2. The fourth-order valence-electron chi connectivity index (χ4n) is 3.03. The second kappa shape index (κ2) is 4.19. The Labute approximate surface area is 102 Å². The second-order valence-electron chi connectivity index (χ2n) is 5.20. The first kappa shape index (κ1) is 10.8. The number of para-hydroxylation sites is 1. The molecule has 17 heavy (non-hydrogen) atoms. The fraction of sp³-hybridized carbons (Fsp3) is 0.467. The topological polar surface area (TPSA) is 29.5 Å². The van der Waals surface area contributed by atoms with Crippen LogP contribution in [-0.4, -0.2) is 11.7 Å². The number of ether oxygens (including phenoxy) is 1. The molecule has 90 valence electrons. The van der Waals surface area contributed by atoms with Crippen LogP contribution in [0.2, 0.25) is 0 Å². The molecule has 0 saturated carbocycles. The third kappa shape index (κ3) is 1.87. The second-order valence-corrected chi connectivity index (χ2v) is 5.20. The highest BCUT2D eigenvalue weighted by Crippen LogP contribution is 2.45. The molecule has 1 saturated heterocycles. The van der Waals surface area contributed by atoms with Crippen molar-refractivity contribution < 1.29 is 9.84 Å². The zero-order chi connectivity index (χ0) is 11.8. The van der Waals surface area contributed by atoms with Gasteiger partial charge in [0, 0.05) is 11.5 Å². The van der Waals surface area contributed by atoms with E-state index in [1.807, 2.05) is 18.2 Å². The lowest BCUT2D eigenvalue weighted by molar-refractivity contribution is -0.0521. The number of hydrogen-bond acceptors (Lipinski definition) is 2. The average Bonchev–Trinajstić information content (AvgIpc) is 2.36. The van der Waals surface area contributed by atoms with Gasteiger partial charge in [0.05, 0.1) is 12.7 Å². The Morgan fingerprint density at radius 3 is 2.94 bits per heavy atom. The summed E-state index contributed by atoms with van der Waals surface area (Å²) in [5.41, 5.74) is 2.35. The third-order valence-electron chi connectivity index (χ3n) is 4.07. The molecule has 1 fully saturated rings. The smallest absolute Gasteiger partial charge is 0.121 e. The van der Waals surface area contributed by atoms with Crippen molar-refractivity contribution >= 4 is 0 Å². The van der Waals surface area contributed by atoms with E-state index in [1.165, 1.54) is 12.0 Å². The zero-order valence-electron chi connectivity index (χ0n) is 10.1. The SMILES string of the molecule is CC1=CC[C@H]2CO[C@H](c3ccccc3O)[C@H]1C2. The van der Waals surface area contributed by atoms with Crippen LogP contribution in [0.25, 0.3) is 0 Å². The van der Waals surface area contributed by atoms with Gasteiger partial charge < -0.3 is 9.84 Å². The molecule has 0 radical (unpaired) electrons. The first-order valence-corrected chi connectivity index (χ1v) is 6.32. The minimum atomic E-state index is 0.0315. The van der Waals surface area contributed by atoms with Gasteiger partial charge in [0.25, 0.3) is 0 Å². The summed E-state index contributed by atoms with van der Waals surface area (Å²) in [5.74, 6) is 1.47. The maximum atomic E-state index is 9.95. The van der Waals surface area contributed by atoms with E-state index >= 15 is 0 Å².